The number of aryl methyl sites for hydroxylation is 1. The molecule has 1 saturated heterocycles. The van der Waals surface area contributed by atoms with Gasteiger partial charge in [0.05, 0.1) is 5.92 Å². The number of hydrogen-bond donors (Lipinski definition) is 1. The molecule has 1 aromatic carbocycles. The van der Waals surface area contributed by atoms with Crippen molar-refractivity contribution >= 4 is 11.9 Å². The zero-order chi connectivity index (χ0) is 15.4. The molecule has 0 bridgehead atoms. The molecule has 114 valence electrons. The third-order valence-corrected chi connectivity index (χ3v) is 3.73. The number of rotatable bonds is 4. The van der Waals surface area contributed by atoms with Crippen LogP contribution < -0.4 is 0 Å². The summed E-state index contributed by atoms with van der Waals surface area (Å²) >= 11 is 0. The zero-order valence-electron chi connectivity index (χ0n) is 11.5. The van der Waals surface area contributed by atoms with Gasteiger partial charge in [0.15, 0.2) is 11.6 Å². The number of likely N-dealkylation sites (tertiary alicyclic amines) is 1. The first kappa shape index (κ1) is 15.4. The maximum Gasteiger partial charge on any atom is 0.308 e. The molecular weight excluding hydrogens is 280 g/mol. The lowest BCUT2D eigenvalue weighted by molar-refractivity contribution is -0.145. The SMILES string of the molecule is O=C(O)[C@H]1CCCN(C(=O)CCc2ccc(F)c(F)c2)C1. The predicted molar refractivity (Wildman–Crippen MR) is 71.6 cm³/mol. The Bertz CT molecular complexity index is 548. The Morgan fingerprint density at radius 3 is 2.71 bits per heavy atom. The van der Waals surface area contributed by atoms with E-state index in [0.717, 1.165) is 12.1 Å². The number of hydrogen-bond acceptors (Lipinski definition) is 2. The second kappa shape index (κ2) is 6.65. The number of carboxylic acid groups (broad SMARTS) is 1. The summed E-state index contributed by atoms with van der Waals surface area (Å²) in [6, 6.07) is 3.57. The van der Waals surface area contributed by atoms with Gasteiger partial charge in [0.2, 0.25) is 5.91 Å². The summed E-state index contributed by atoms with van der Waals surface area (Å²) in [4.78, 5) is 24.6. The maximum atomic E-state index is 13.1. The third-order valence-electron chi connectivity index (χ3n) is 3.73. The highest BCUT2D eigenvalue weighted by Crippen LogP contribution is 2.18. The Balaban J connectivity index is 1.89. The minimum atomic E-state index is -0.927. The van der Waals surface area contributed by atoms with Gasteiger partial charge < -0.3 is 10.0 Å². The smallest absolute Gasteiger partial charge is 0.308 e. The summed E-state index contributed by atoms with van der Waals surface area (Å²) in [5.41, 5.74) is 0.550. The summed E-state index contributed by atoms with van der Waals surface area (Å²) in [6.07, 6.45) is 1.73. The average Bonchev–Trinajstić information content (AvgIpc) is 2.48. The minimum Gasteiger partial charge on any atom is -0.481 e. The lowest BCUT2D eigenvalue weighted by Crippen LogP contribution is -2.42. The van der Waals surface area contributed by atoms with E-state index in [9.17, 15) is 18.4 Å². The van der Waals surface area contributed by atoms with Crippen LogP contribution in [-0.2, 0) is 16.0 Å². The lowest BCUT2D eigenvalue weighted by Gasteiger charge is -2.30. The largest absolute Gasteiger partial charge is 0.481 e. The molecule has 21 heavy (non-hydrogen) atoms. The molecule has 0 radical (unpaired) electrons. The molecule has 4 nitrogen and oxygen atoms in total. The van der Waals surface area contributed by atoms with E-state index >= 15 is 0 Å². The van der Waals surface area contributed by atoms with E-state index in [-0.39, 0.29) is 18.9 Å². The minimum absolute atomic E-state index is 0.148. The van der Waals surface area contributed by atoms with Crippen LogP contribution in [0.2, 0.25) is 0 Å². The van der Waals surface area contributed by atoms with Crippen LogP contribution in [0.4, 0.5) is 8.78 Å². The molecule has 0 spiro atoms. The highest BCUT2D eigenvalue weighted by Gasteiger charge is 2.27. The Morgan fingerprint density at radius 2 is 2.05 bits per heavy atom. The summed E-state index contributed by atoms with van der Waals surface area (Å²) in [7, 11) is 0. The number of aliphatic carboxylic acids is 1. The van der Waals surface area contributed by atoms with Crippen molar-refractivity contribution in [2.45, 2.75) is 25.7 Å². The summed E-state index contributed by atoms with van der Waals surface area (Å²) in [6.45, 7) is 0.784. The van der Waals surface area contributed by atoms with E-state index in [1.54, 1.807) is 4.90 Å². The van der Waals surface area contributed by atoms with Crippen molar-refractivity contribution in [3.05, 3.63) is 35.4 Å². The van der Waals surface area contributed by atoms with Crippen LogP contribution in [0, 0.1) is 17.6 Å². The Hall–Kier alpha value is -1.98. The first-order chi connectivity index (χ1) is 9.97. The molecule has 1 aliphatic heterocycles. The van der Waals surface area contributed by atoms with Gasteiger partial charge in [0.25, 0.3) is 0 Å². The number of benzene rings is 1. The van der Waals surface area contributed by atoms with Crippen LogP contribution in [-0.4, -0.2) is 35.0 Å². The lowest BCUT2D eigenvalue weighted by atomic mass is 9.97. The third kappa shape index (κ3) is 4.00. The highest BCUT2D eigenvalue weighted by atomic mass is 19.2. The van der Waals surface area contributed by atoms with Gasteiger partial charge in [-0.2, -0.15) is 0 Å². The van der Waals surface area contributed by atoms with Gasteiger partial charge in [-0.3, -0.25) is 9.59 Å². The second-order valence-corrected chi connectivity index (χ2v) is 5.27. The van der Waals surface area contributed by atoms with E-state index < -0.39 is 23.5 Å². The molecule has 2 rings (SSSR count). The highest BCUT2D eigenvalue weighted by molar-refractivity contribution is 5.78. The topological polar surface area (TPSA) is 57.6 Å². The number of carboxylic acids is 1. The van der Waals surface area contributed by atoms with Crippen LogP contribution in [0.5, 0.6) is 0 Å². The fraction of sp³-hybridized carbons (Fsp3) is 0.467. The monoisotopic (exact) mass is 297 g/mol. The van der Waals surface area contributed by atoms with Gasteiger partial charge in [0, 0.05) is 19.5 Å². The van der Waals surface area contributed by atoms with E-state index in [1.165, 1.54) is 6.07 Å². The number of piperidine rings is 1. The average molecular weight is 297 g/mol. The Kier molecular flexibility index (Phi) is 4.88. The van der Waals surface area contributed by atoms with Crippen LogP contribution in [0.3, 0.4) is 0 Å². The fourth-order valence-electron chi connectivity index (χ4n) is 2.51. The first-order valence-electron chi connectivity index (χ1n) is 6.92. The Labute approximate surface area is 121 Å². The predicted octanol–water partition coefficient (Wildman–Crippen LogP) is 2.22. The van der Waals surface area contributed by atoms with Gasteiger partial charge in [-0.1, -0.05) is 6.07 Å². The summed E-state index contributed by atoms with van der Waals surface area (Å²) in [5, 5.41) is 8.99. The van der Waals surface area contributed by atoms with E-state index in [4.69, 9.17) is 5.11 Å². The van der Waals surface area contributed by atoms with Crippen molar-refractivity contribution in [2.75, 3.05) is 13.1 Å². The molecule has 1 aromatic rings. The summed E-state index contributed by atoms with van der Waals surface area (Å²) < 4.78 is 25.9. The zero-order valence-corrected chi connectivity index (χ0v) is 11.5. The van der Waals surface area contributed by atoms with E-state index in [2.05, 4.69) is 0 Å². The molecule has 1 heterocycles. The fourth-order valence-corrected chi connectivity index (χ4v) is 2.51. The van der Waals surface area contributed by atoms with Crippen molar-refractivity contribution in [3.8, 4) is 0 Å². The van der Waals surface area contributed by atoms with Gasteiger partial charge >= 0.3 is 5.97 Å². The van der Waals surface area contributed by atoms with Crippen LogP contribution in [0.1, 0.15) is 24.8 Å². The number of amides is 1. The number of halogens is 2. The van der Waals surface area contributed by atoms with Crippen LogP contribution >= 0.6 is 0 Å². The quantitative estimate of drug-likeness (QED) is 0.927. The maximum absolute atomic E-state index is 13.1. The van der Waals surface area contributed by atoms with E-state index in [0.29, 0.717) is 31.4 Å². The van der Waals surface area contributed by atoms with Gasteiger partial charge in [0.1, 0.15) is 0 Å². The van der Waals surface area contributed by atoms with Crippen molar-refractivity contribution < 1.29 is 23.5 Å². The molecule has 0 saturated carbocycles. The van der Waals surface area contributed by atoms with E-state index in [1.807, 2.05) is 0 Å². The number of carbonyl (C=O) groups excluding carboxylic acids is 1. The summed E-state index contributed by atoms with van der Waals surface area (Å²) in [5.74, 6) is -3.38. The molecule has 1 fully saturated rings. The molecule has 1 amide bonds. The van der Waals surface area contributed by atoms with Crippen molar-refractivity contribution in [1.29, 1.82) is 0 Å². The molecule has 0 unspecified atom stereocenters. The Morgan fingerprint density at radius 1 is 1.29 bits per heavy atom. The standard InChI is InChI=1S/C15H17F2NO3/c16-12-5-3-10(8-13(12)17)4-6-14(19)18-7-1-2-11(9-18)15(20)21/h3,5,8,11H,1-2,4,6-7,9H2,(H,20,21)/t11-/m0/s1. The van der Waals surface area contributed by atoms with Crippen molar-refractivity contribution in [2.24, 2.45) is 5.92 Å². The molecule has 1 atom stereocenters. The molecule has 0 aliphatic carbocycles. The molecule has 0 aromatic heterocycles. The van der Waals surface area contributed by atoms with Crippen molar-refractivity contribution in [3.63, 3.8) is 0 Å². The molecular formula is C15H17F2NO3. The number of carbonyl (C=O) groups is 2. The van der Waals surface area contributed by atoms with Gasteiger partial charge in [-0.15, -0.1) is 0 Å². The van der Waals surface area contributed by atoms with Crippen LogP contribution in [0.15, 0.2) is 18.2 Å². The second-order valence-electron chi connectivity index (χ2n) is 5.27. The van der Waals surface area contributed by atoms with Crippen molar-refractivity contribution in [1.82, 2.24) is 4.90 Å². The molecule has 6 heteroatoms. The first-order valence-corrected chi connectivity index (χ1v) is 6.92. The molecule has 1 N–H and O–H groups in total. The van der Waals surface area contributed by atoms with Crippen LogP contribution in [0.25, 0.3) is 0 Å². The number of nitrogens with zero attached hydrogens (tertiary/aromatic N) is 1. The normalized spacial score (nSPS) is 18.6. The van der Waals surface area contributed by atoms with Gasteiger partial charge in [-0.25, -0.2) is 8.78 Å². The molecule has 1 aliphatic rings. The van der Waals surface area contributed by atoms with Gasteiger partial charge in [-0.05, 0) is 37.0 Å².